The molecule has 0 aliphatic rings. The summed E-state index contributed by atoms with van der Waals surface area (Å²) in [6.45, 7) is 6.45. The molecule has 3 nitrogen and oxygen atoms in total. The Bertz CT molecular complexity index is 796. The molecule has 7 heteroatoms. The summed E-state index contributed by atoms with van der Waals surface area (Å²) in [6, 6.07) is 10.3. The van der Waals surface area contributed by atoms with Crippen molar-refractivity contribution in [2.75, 3.05) is 23.7 Å². The lowest BCUT2D eigenvalue weighted by atomic mass is 10.1. The number of aromatic nitrogens is 1. The highest BCUT2D eigenvalue weighted by atomic mass is 35.5. The summed E-state index contributed by atoms with van der Waals surface area (Å²) in [5.74, 6) is -1.55. The molecule has 1 aromatic heterocycles. The summed E-state index contributed by atoms with van der Waals surface area (Å²) >= 11 is 6.95. The van der Waals surface area contributed by atoms with Gasteiger partial charge in [-0.15, -0.1) is 11.3 Å². The van der Waals surface area contributed by atoms with Crippen LogP contribution in [0.2, 0.25) is 5.02 Å². The Morgan fingerprint density at radius 2 is 1.77 bits per heavy atom. The average Bonchev–Trinajstić information content (AvgIpc) is 3.16. The topological polar surface area (TPSA) is 42.2 Å². The maximum Gasteiger partial charge on any atom is 0.150 e. The minimum atomic E-state index is -0.829. The van der Waals surface area contributed by atoms with Gasteiger partial charge < -0.3 is 10.6 Å². The number of anilines is 2. The molecule has 3 rings (SSSR count). The van der Waals surface area contributed by atoms with Crippen LogP contribution in [-0.4, -0.2) is 18.1 Å². The van der Waals surface area contributed by atoms with Gasteiger partial charge in [-0.25, -0.2) is 13.8 Å². The van der Waals surface area contributed by atoms with Gasteiger partial charge in [0.15, 0.2) is 5.82 Å². The Morgan fingerprint density at radius 3 is 2.27 bits per heavy atom. The molecule has 1 heterocycles. The molecule has 0 unspecified atom stereocenters. The van der Waals surface area contributed by atoms with Crippen molar-refractivity contribution in [2.45, 2.75) is 13.8 Å². The van der Waals surface area contributed by atoms with Crippen LogP contribution in [0, 0.1) is 11.6 Å². The maximum absolute atomic E-state index is 12.4. The van der Waals surface area contributed by atoms with Crippen molar-refractivity contribution in [3.05, 3.63) is 63.9 Å². The molecule has 3 aromatic rings. The molecule has 0 fully saturated rings. The summed E-state index contributed by atoms with van der Waals surface area (Å²) in [5.41, 5.74) is 10.3. The normalized spacial score (nSPS) is 10.2. The molecule has 0 amide bonds. The number of nitrogens with zero attached hydrogens (tertiary/aromatic N) is 2. The standard InChI is InChI=1S/C13H16N2S.C6H4ClF2N/c1-3-15(4-2)12-7-5-11(6-8-12)13-9-16-10-14-13;7-4-1-3(8)2-5(9)6(4)10/h5-10H,3-4H2,1-2H3;1-2H,10H2. The van der Waals surface area contributed by atoms with E-state index in [2.05, 4.69) is 53.4 Å². The van der Waals surface area contributed by atoms with Crippen molar-refractivity contribution >= 4 is 34.3 Å². The number of thiazole rings is 1. The Hall–Kier alpha value is -2.18. The zero-order valence-corrected chi connectivity index (χ0v) is 16.1. The van der Waals surface area contributed by atoms with Crippen molar-refractivity contribution in [1.82, 2.24) is 4.98 Å². The number of hydrogen-bond donors (Lipinski definition) is 1. The molecule has 0 spiro atoms. The Labute approximate surface area is 161 Å². The lowest BCUT2D eigenvalue weighted by Gasteiger charge is -2.20. The molecular weight excluding hydrogens is 376 g/mol. The van der Waals surface area contributed by atoms with E-state index in [0.29, 0.717) is 6.07 Å². The zero-order chi connectivity index (χ0) is 19.1. The van der Waals surface area contributed by atoms with Crippen LogP contribution >= 0.6 is 22.9 Å². The molecule has 138 valence electrons. The van der Waals surface area contributed by atoms with Crippen LogP contribution in [0.5, 0.6) is 0 Å². The Balaban J connectivity index is 0.000000209. The minimum Gasteiger partial charge on any atom is -0.395 e. The van der Waals surface area contributed by atoms with E-state index in [9.17, 15) is 8.78 Å². The van der Waals surface area contributed by atoms with Gasteiger partial charge in [-0.3, -0.25) is 0 Å². The molecule has 0 saturated heterocycles. The van der Waals surface area contributed by atoms with Crippen LogP contribution in [0.15, 0.2) is 47.3 Å². The highest BCUT2D eigenvalue weighted by Gasteiger charge is 2.05. The Morgan fingerprint density at radius 1 is 1.12 bits per heavy atom. The van der Waals surface area contributed by atoms with E-state index >= 15 is 0 Å². The van der Waals surface area contributed by atoms with Crippen LogP contribution in [0.1, 0.15) is 13.8 Å². The smallest absolute Gasteiger partial charge is 0.150 e. The quantitative estimate of drug-likeness (QED) is 0.563. The van der Waals surface area contributed by atoms with Gasteiger partial charge in [-0.2, -0.15) is 0 Å². The molecule has 0 aliphatic carbocycles. The second-order valence-corrected chi connectivity index (χ2v) is 6.50. The van der Waals surface area contributed by atoms with E-state index in [1.807, 2.05) is 5.51 Å². The van der Waals surface area contributed by atoms with Crippen LogP contribution in [0.25, 0.3) is 11.3 Å². The fraction of sp³-hybridized carbons (Fsp3) is 0.211. The molecule has 2 N–H and O–H groups in total. The molecular formula is C19H20ClF2N3S. The summed E-state index contributed by atoms with van der Waals surface area (Å²) in [5, 5.41) is 1.98. The monoisotopic (exact) mass is 395 g/mol. The third kappa shape index (κ3) is 5.16. The molecule has 0 bridgehead atoms. The second-order valence-electron chi connectivity index (χ2n) is 5.38. The maximum atomic E-state index is 12.4. The molecule has 0 radical (unpaired) electrons. The van der Waals surface area contributed by atoms with Crippen LogP contribution in [0.3, 0.4) is 0 Å². The lowest BCUT2D eigenvalue weighted by molar-refractivity contribution is 0.586. The van der Waals surface area contributed by atoms with Crippen molar-refractivity contribution in [2.24, 2.45) is 0 Å². The highest BCUT2D eigenvalue weighted by Crippen LogP contribution is 2.23. The SMILES string of the molecule is CCN(CC)c1ccc(-c2cscn2)cc1.Nc1c(F)cc(F)cc1Cl. The first-order chi connectivity index (χ1) is 12.5. The van der Waals surface area contributed by atoms with Crippen LogP contribution < -0.4 is 10.6 Å². The number of hydrogen-bond acceptors (Lipinski definition) is 4. The van der Waals surface area contributed by atoms with Gasteiger partial charge in [0.2, 0.25) is 0 Å². The fourth-order valence-corrected chi connectivity index (χ4v) is 3.10. The van der Waals surface area contributed by atoms with Gasteiger partial charge in [-0.1, -0.05) is 23.7 Å². The fourth-order valence-electron chi connectivity index (χ4n) is 2.34. The number of rotatable bonds is 4. The molecule has 26 heavy (non-hydrogen) atoms. The first-order valence-corrected chi connectivity index (χ1v) is 9.41. The van der Waals surface area contributed by atoms with Crippen LogP contribution in [-0.2, 0) is 0 Å². The van der Waals surface area contributed by atoms with Gasteiger partial charge in [0.05, 0.1) is 21.9 Å². The van der Waals surface area contributed by atoms with Crippen molar-refractivity contribution in [1.29, 1.82) is 0 Å². The number of nitrogen functional groups attached to an aromatic ring is 1. The summed E-state index contributed by atoms with van der Waals surface area (Å²) in [7, 11) is 0. The average molecular weight is 396 g/mol. The summed E-state index contributed by atoms with van der Waals surface area (Å²) < 4.78 is 24.6. The van der Waals surface area contributed by atoms with E-state index in [1.165, 1.54) is 11.3 Å². The highest BCUT2D eigenvalue weighted by molar-refractivity contribution is 7.07. The largest absolute Gasteiger partial charge is 0.395 e. The zero-order valence-electron chi connectivity index (χ0n) is 14.5. The molecule has 0 atom stereocenters. The minimum absolute atomic E-state index is 0.0995. The first-order valence-electron chi connectivity index (χ1n) is 8.09. The van der Waals surface area contributed by atoms with E-state index in [0.717, 1.165) is 24.8 Å². The number of benzene rings is 2. The first kappa shape index (κ1) is 20.1. The third-order valence-corrected chi connectivity index (χ3v) is 4.67. The third-order valence-electron chi connectivity index (χ3n) is 3.77. The van der Waals surface area contributed by atoms with Gasteiger partial charge in [0, 0.05) is 35.8 Å². The van der Waals surface area contributed by atoms with Crippen LogP contribution in [0.4, 0.5) is 20.2 Å². The lowest BCUT2D eigenvalue weighted by Crippen LogP contribution is -2.21. The number of halogens is 3. The predicted molar refractivity (Wildman–Crippen MR) is 107 cm³/mol. The molecule has 2 aromatic carbocycles. The second kappa shape index (κ2) is 9.50. The van der Waals surface area contributed by atoms with Gasteiger partial charge >= 0.3 is 0 Å². The predicted octanol–water partition coefficient (Wildman–Crippen LogP) is 5.86. The van der Waals surface area contributed by atoms with Gasteiger partial charge in [0.25, 0.3) is 0 Å². The van der Waals surface area contributed by atoms with E-state index < -0.39 is 11.6 Å². The summed E-state index contributed by atoms with van der Waals surface area (Å²) in [4.78, 5) is 6.64. The van der Waals surface area contributed by atoms with E-state index in [-0.39, 0.29) is 10.7 Å². The van der Waals surface area contributed by atoms with Crippen molar-refractivity contribution in [3.8, 4) is 11.3 Å². The van der Waals surface area contributed by atoms with Gasteiger partial charge in [-0.05, 0) is 32.0 Å². The molecule has 0 saturated carbocycles. The van der Waals surface area contributed by atoms with Crippen molar-refractivity contribution < 1.29 is 8.78 Å². The summed E-state index contributed by atoms with van der Waals surface area (Å²) in [6.07, 6.45) is 0. The van der Waals surface area contributed by atoms with E-state index in [1.54, 1.807) is 11.3 Å². The van der Waals surface area contributed by atoms with E-state index in [4.69, 9.17) is 17.3 Å². The van der Waals surface area contributed by atoms with Crippen molar-refractivity contribution in [3.63, 3.8) is 0 Å². The van der Waals surface area contributed by atoms with Gasteiger partial charge in [0.1, 0.15) is 5.82 Å². The number of nitrogens with two attached hydrogens (primary N) is 1. The molecule has 0 aliphatic heterocycles. The Kier molecular flexibility index (Phi) is 7.36.